The number of fused-ring (bicyclic) bond motifs is 7. The molecule has 0 unspecified atom stereocenters. The van der Waals surface area contributed by atoms with E-state index in [9.17, 15) is 0 Å². The fourth-order valence-electron chi connectivity index (χ4n) is 17.5. The van der Waals surface area contributed by atoms with Crippen LogP contribution in [0.2, 0.25) is 0 Å². The number of hydrogen-bond acceptors (Lipinski definition) is 0. The van der Waals surface area contributed by atoms with Crippen molar-refractivity contribution in [3.8, 4) is 50.2 Å². The van der Waals surface area contributed by atoms with Gasteiger partial charge in [0.1, 0.15) is 0 Å². The highest BCUT2D eigenvalue weighted by atomic mass is 15.0. The summed E-state index contributed by atoms with van der Waals surface area (Å²) >= 11 is 0. The van der Waals surface area contributed by atoms with Crippen molar-refractivity contribution in [3.63, 3.8) is 0 Å². The molecular weight excluding hydrogens is 997 g/mol. The van der Waals surface area contributed by atoms with Crippen LogP contribution in [-0.2, 0) is 10.8 Å². The number of aromatic nitrogens is 1. The first kappa shape index (κ1) is 53.9. The lowest BCUT2D eigenvalue weighted by Crippen LogP contribution is -2.64. The predicted octanol–water partition coefficient (Wildman–Crippen LogP) is 17.7. The SMILES string of the molecule is CCCCCCCCC1(CCCCCCCC)c2ccccc2-c2ccc(-c3ccc4c(c3)C(C)(C)c3cc(-c5cc6c7c(c5)B(c5c(C)cc(C)cc5C)c5cccc8c9cccc(c9n-7c58)B6c5c(C)cc(C)cc5C)ccc3-4)cc21. The van der Waals surface area contributed by atoms with Gasteiger partial charge in [-0.15, -0.1) is 0 Å². The highest BCUT2D eigenvalue weighted by molar-refractivity contribution is 7.02. The highest BCUT2D eigenvalue weighted by Crippen LogP contribution is 2.56. The number of para-hydroxylation sites is 2. The van der Waals surface area contributed by atoms with Gasteiger partial charge in [0.25, 0.3) is 0 Å². The zero-order valence-electron chi connectivity index (χ0n) is 51.4. The van der Waals surface area contributed by atoms with Crippen LogP contribution in [0.1, 0.15) is 173 Å². The molecule has 0 atom stereocenters. The summed E-state index contributed by atoms with van der Waals surface area (Å²) in [5.74, 6) is 0. The van der Waals surface area contributed by atoms with E-state index in [1.54, 1.807) is 11.1 Å². The third-order valence-electron chi connectivity index (χ3n) is 21.1. The molecule has 0 bridgehead atoms. The Morgan fingerprint density at radius 3 is 1.25 bits per heavy atom. The number of nitrogens with zero attached hydrogens (tertiary/aromatic N) is 1. The van der Waals surface area contributed by atoms with Gasteiger partial charge in [0.05, 0.1) is 0 Å². The van der Waals surface area contributed by atoms with Gasteiger partial charge in [-0.2, -0.15) is 0 Å². The zero-order chi connectivity index (χ0) is 57.1. The molecule has 14 rings (SSSR count). The molecule has 1 nitrogen and oxygen atoms in total. The first-order valence-corrected chi connectivity index (χ1v) is 32.3. The van der Waals surface area contributed by atoms with Crippen molar-refractivity contribution in [2.75, 3.05) is 0 Å². The summed E-state index contributed by atoms with van der Waals surface area (Å²) in [4.78, 5) is 0. The molecule has 0 saturated heterocycles. The van der Waals surface area contributed by atoms with Crippen LogP contribution in [0.5, 0.6) is 0 Å². The smallest absolute Gasteiger partial charge is 0.247 e. The van der Waals surface area contributed by atoms with E-state index >= 15 is 0 Å². The van der Waals surface area contributed by atoms with E-state index in [2.05, 4.69) is 225 Å². The standard InChI is InChI=1S/C80H83B2N/c1-11-13-15-17-19-23-39-80(40-24-20-18-16-14-12-2)66-30-22-21-27-60(66)63-38-34-57(47-69(63)80)56-33-36-61-62-37-35-58(46-68(62)79(9,10)67(61)45-56)59-48-72-78-73(49-59)82(75-54(7)43-51(4)44-55(75)8)71-32-26-29-65-64-28-25-31-70(76(64)83(78)77(65)71)81(72)74-52(5)41-50(3)42-53(74)6/h21-22,25-38,41-49H,11-20,23-24,39-40H2,1-10H3. The van der Waals surface area contributed by atoms with E-state index in [1.807, 2.05) is 0 Å². The molecule has 83 heavy (non-hydrogen) atoms. The van der Waals surface area contributed by atoms with E-state index < -0.39 is 0 Å². The van der Waals surface area contributed by atoms with Crippen molar-refractivity contribution >= 4 is 68.0 Å². The van der Waals surface area contributed by atoms with E-state index in [1.165, 1.54) is 239 Å². The Morgan fingerprint density at radius 1 is 0.361 bits per heavy atom. The molecule has 0 radical (unpaired) electrons. The van der Waals surface area contributed by atoms with Crippen LogP contribution >= 0.6 is 0 Å². The monoisotopic (exact) mass is 1080 g/mol. The Labute approximate surface area is 497 Å². The molecule has 3 heteroatoms. The maximum atomic E-state index is 2.71. The first-order chi connectivity index (χ1) is 40.3. The summed E-state index contributed by atoms with van der Waals surface area (Å²) in [5.41, 5.74) is 37.6. The number of aryl methyl sites for hydroxylation is 6. The average Bonchev–Trinajstić information content (AvgIpc) is 2.11. The van der Waals surface area contributed by atoms with Crippen molar-refractivity contribution < 1.29 is 0 Å². The molecule has 9 aromatic carbocycles. The first-order valence-electron chi connectivity index (χ1n) is 32.3. The van der Waals surface area contributed by atoms with Crippen LogP contribution in [0.3, 0.4) is 0 Å². The Morgan fingerprint density at radius 2 is 0.771 bits per heavy atom. The fraction of sp³-hybridized carbons (Fsp3) is 0.325. The van der Waals surface area contributed by atoms with Crippen molar-refractivity contribution in [1.29, 1.82) is 0 Å². The molecule has 4 aliphatic rings. The lowest BCUT2D eigenvalue weighted by molar-refractivity contribution is 0.398. The normalized spacial score (nSPS) is 14.5. The fourth-order valence-corrected chi connectivity index (χ4v) is 17.5. The second-order valence-corrected chi connectivity index (χ2v) is 26.9. The minimum absolute atomic E-state index is 0.0536. The van der Waals surface area contributed by atoms with Gasteiger partial charge in [0, 0.05) is 38.3 Å². The Kier molecular flexibility index (Phi) is 13.6. The second-order valence-electron chi connectivity index (χ2n) is 26.9. The third-order valence-corrected chi connectivity index (χ3v) is 21.1. The molecule has 0 saturated carbocycles. The number of unbranched alkanes of at least 4 members (excludes halogenated alkanes) is 10. The summed E-state index contributed by atoms with van der Waals surface area (Å²) in [7, 11) is 0. The van der Waals surface area contributed by atoms with Gasteiger partial charge in [-0.1, -0.05) is 283 Å². The van der Waals surface area contributed by atoms with Crippen LogP contribution < -0.4 is 32.8 Å². The van der Waals surface area contributed by atoms with E-state index in [0.717, 1.165) is 0 Å². The van der Waals surface area contributed by atoms with Crippen LogP contribution in [0.4, 0.5) is 0 Å². The van der Waals surface area contributed by atoms with Gasteiger partial charge in [-0.3, -0.25) is 0 Å². The van der Waals surface area contributed by atoms with Gasteiger partial charge in [0.15, 0.2) is 0 Å². The molecule has 1 aromatic heterocycles. The molecule has 414 valence electrons. The average molecular weight is 1080 g/mol. The summed E-state index contributed by atoms with van der Waals surface area (Å²) < 4.78 is 2.71. The van der Waals surface area contributed by atoms with Gasteiger partial charge >= 0.3 is 0 Å². The molecule has 0 N–H and O–H groups in total. The van der Waals surface area contributed by atoms with Gasteiger partial charge in [-0.25, -0.2) is 0 Å². The van der Waals surface area contributed by atoms with E-state index in [0.29, 0.717) is 0 Å². The minimum Gasteiger partial charge on any atom is -0.311 e. The molecule has 3 heterocycles. The topological polar surface area (TPSA) is 4.93 Å². The van der Waals surface area contributed by atoms with Gasteiger partial charge in [0.2, 0.25) is 13.4 Å². The summed E-state index contributed by atoms with van der Waals surface area (Å²) in [6, 6.07) is 61.3. The summed E-state index contributed by atoms with van der Waals surface area (Å²) in [6.45, 7) is 23.7. The lowest BCUT2D eigenvalue weighted by Gasteiger charge is -2.36. The Balaban J connectivity index is 0.891. The molecule has 2 aliphatic heterocycles. The molecular formula is C80H83B2N. The Hall–Kier alpha value is -7.09. The van der Waals surface area contributed by atoms with Gasteiger partial charge < -0.3 is 4.57 Å². The molecule has 0 amide bonds. The van der Waals surface area contributed by atoms with E-state index in [4.69, 9.17) is 0 Å². The number of benzene rings is 9. The van der Waals surface area contributed by atoms with Gasteiger partial charge in [-0.05, 0) is 161 Å². The van der Waals surface area contributed by atoms with Crippen molar-refractivity contribution in [2.24, 2.45) is 0 Å². The van der Waals surface area contributed by atoms with Crippen LogP contribution in [0.25, 0.3) is 72.0 Å². The molecule has 2 aliphatic carbocycles. The van der Waals surface area contributed by atoms with Crippen molar-refractivity contribution in [1.82, 2.24) is 4.57 Å². The minimum atomic E-state index is -0.205. The number of rotatable bonds is 18. The Bertz CT molecular complexity index is 4050. The number of hydrogen-bond donors (Lipinski definition) is 0. The predicted molar refractivity (Wildman–Crippen MR) is 362 cm³/mol. The zero-order valence-corrected chi connectivity index (χ0v) is 51.4. The third kappa shape index (κ3) is 8.46. The lowest BCUT2D eigenvalue weighted by atomic mass is 9.30. The molecule has 0 spiro atoms. The van der Waals surface area contributed by atoms with Crippen molar-refractivity contribution in [2.45, 2.75) is 170 Å². The van der Waals surface area contributed by atoms with Crippen LogP contribution in [0.15, 0.2) is 152 Å². The second kappa shape index (κ2) is 20.9. The van der Waals surface area contributed by atoms with Crippen LogP contribution in [0, 0.1) is 41.5 Å². The van der Waals surface area contributed by atoms with Crippen LogP contribution in [-0.4, -0.2) is 18.0 Å². The molecule has 10 aromatic rings. The maximum Gasteiger partial charge on any atom is 0.247 e. The largest absolute Gasteiger partial charge is 0.311 e. The quantitative estimate of drug-likeness (QED) is 0.0596. The summed E-state index contributed by atoms with van der Waals surface area (Å²) in [6.07, 6.45) is 18.4. The maximum absolute atomic E-state index is 2.71. The summed E-state index contributed by atoms with van der Waals surface area (Å²) in [5, 5.41) is 2.71. The van der Waals surface area contributed by atoms with Crippen molar-refractivity contribution in [3.05, 3.63) is 207 Å². The van der Waals surface area contributed by atoms with E-state index in [-0.39, 0.29) is 24.3 Å². The highest BCUT2D eigenvalue weighted by Gasteiger charge is 2.45. The molecule has 0 fully saturated rings.